The summed E-state index contributed by atoms with van der Waals surface area (Å²) in [5.74, 6) is -0.0627. The molecule has 0 aromatic heterocycles. The predicted molar refractivity (Wildman–Crippen MR) is 52.6 cm³/mol. The highest BCUT2D eigenvalue weighted by molar-refractivity contribution is 7.87. The number of hydrogen-bond acceptors (Lipinski definition) is 5. The minimum atomic E-state index is -4.89. The smallest absolute Gasteiger partial charge is 0.300 e. The number of aliphatic hydroxyl groups is 2. The number of ether oxygens (including phenoxy) is 1. The van der Waals surface area contributed by atoms with Crippen molar-refractivity contribution in [3.8, 4) is 0 Å². The van der Waals surface area contributed by atoms with Crippen molar-refractivity contribution in [1.29, 1.82) is 0 Å². The Hall–Kier alpha value is 0.370. The summed E-state index contributed by atoms with van der Waals surface area (Å²) in [6, 6.07) is 0. The Bertz CT molecular complexity index is 333. The Balaban J connectivity index is 2.99. The molecule has 1 saturated heterocycles. The van der Waals surface area contributed by atoms with Crippen molar-refractivity contribution < 1.29 is 27.9 Å². The Labute approximate surface area is 96.5 Å². The molecule has 6 nitrogen and oxygen atoms in total. The molecule has 1 aliphatic heterocycles. The van der Waals surface area contributed by atoms with Crippen LogP contribution < -0.4 is 0 Å². The van der Waals surface area contributed by atoms with Crippen molar-refractivity contribution in [3.63, 3.8) is 0 Å². The third kappa shape index (κ3) is 2.23. The predicted octanol–water partition coefficient (Wildman–Crippen LogP) is -0.831. The summed E-state index contributed by atoms with van der Waals surface area (Å²) in [5, 5.41) is 17.8. The molecule has 0 aromatic rings. The molecule has 1 fully saturated rings. The molecule has 0 spiro atoms. The fourth-order valence-corrected chi connectivity index (χ4v) is 2.70. The minimum Gasteiger partial charge on any atom is -0.387 e. The Morgan fingerprint density at radius 3 is 2.47 bits per heavy atom. The molecular weight excluding hydrogens is 271 g/mol. The Morgan fingerprint density at radius 1 is 1.53 bits per heavy atom. The first-order valence-corrected chi connectivity index (χ1v) is 6.34. The van der Waals surface area contributed by atoms with Crippen LogP contribution in [-0.4, -0.2) is 58.2 Å². The number of halogens is 2. The first-order chi connectivity index (χ1) is 6.74. The maximum atomic E-state index is 10.8. The molecule has 90 valence electrons. The van der Waals surface area contributed by atoms with E-state index in [-0.39, 0.29) is 5.88 Å². The van der Waals surface area contributed by atoms with Gasteiger partial charge in [0.25, 0.3) is 10.1 Å². The van der Waals surface area contributed by atoms with Gasteiger partial charge in [0.05, 0.1) is 24.0 Å². The quantitative estimate of drug-likeness (QED) is 0.451. The van der Waals surface area contributed by atoms with Crippen LogP contribution in [0.2, 0.25) is 0 Å². The molecule has 0 aliphatic carbocycles. The lowest BCUT2D eigenvalue weighted by atomic mass is 10.0. The number of rotatable bonds is 2. The molecule has 0 saturated carbocycles. The van der Waals surface area contributed by atoms with Crippen molar-refractivity contribution in [2.24, 2.45) is 0 Å². The summed E-state index contributed by atoms with van der Waals surface area (Å²) in [5.41, 5.74) is 0. The van der Waals surface area contributed by atoms with Crippen molar-refractivity contribution in [1.82, 2.24) is 0 Å². The van der Waals surface area contributed by atoms with Crippen LogP contribution in [0.1, 0.15) is 0 Å². The van der Waals surface area contributed by atoms with Gasteiger partial charge in [0, 0.05) is 0 Å². The molecule has 1 aliphatic rings. The number of hydrogen-bond donors (Lipinski definition) is 3. The molecule has 15 heavy (non-hydrogen) atoms. The molecule has 0 bridgehead atoms. The average Bonchev–Trinajstić information content (AvgIpc) is 2.13. The van der Waals surface area contributed by atoms with Gasteiger partial charge in [-0.2, -0.15) is 8.42 Å². The highest BCUT2D eigenvalue weighted by Crippen LogP contribution is 2.31. The van der Waals surface area contributed by atoms with Gasteiger partial charge in [-0.05, 0) is 0 Å². The second-order valence-corrected chi connectivity index (χ2v) is 5.68. The fraction of sp³-hybridized carbons (Fsp3) is 1.00. The van der Waals surface area contributed by atoms with E-state index in [1.165, 1.54) is 0 Å². The molecule has 0 aromatic carbocycles. The normalized spacial score (nSPS) is 42.9. The molecule has 4 atom stereocenters. The molecule has 9 heteroatoms. The van der Waals surface area contributed by atoms with Gasteiger partial charge in [-0.3, -0.25) is 4.55 Å². The SMILES string of the molecule is O=S(=O)(O)[C@]1(O)CO[C@H](CCl)[C@H](Cl)C1O. The van der Waals surface area contributed by atoms with Gasteiger partial charge in [0.15, 0.2) is 0 Å². The summed E-state index contributed by atoms with van der Waals surface area (Å²) in [4.78, 5) is -2.80. The monoisotopic (exact) mass is 280 g/mol. The van der Waals surface area contributed by atoms with Gasteiger partial charge in [-0.15, -0.1) is 23.2 Å². The first kappa shape index (κ1) is 13.4. The van der Waals surface area contributed by atoms with Gasteiger partial charge in [-0.25, -0.2) is 0 Å². The third-order valence-corrected chi connectivity index (χ3v) is 4.30. The third-order valence-electron chi connectivity index (χ3n) is 2.22. The largest absolute Gasteiger partial charge is 0.387 e. The van der Waals surface area contributed by atoms with E-state index >= 15 is 0 Å². The second kappa shape index (κ2) is 4.33. The van der Waals surface area contributed by atoms with Gasteiger partial charge in [-0.1, -0.05) is 0 Å². The van der Waals surface area contributed by atoms with Crippen LogP contribution in [-0.2, 0) is 14.9 Å². The summed E-state index contributed by atoms with van der Waals surface area (Å²) in [7, 11) is -4.89. The van der Waals surface area contributed by atoms with E-state index in [2.05, 4.69) is 0 Å². The molecule has 0 radical (unpaired) electrons. The van der Waals surface area contributed by atoms with Gasteiger partial charge in [0.1, 0.15) is 6.10 Å². The van der Waals surface area contributed by atoms with E-state index in [1.54, 1.807) is 0 Å². The summed E-state index contributed by atoms with van der Waals surface area (Å²) < 4.78 is 35.2. The highest BCUT2D eigenvalue weighted by Gasteiger charge is 2.56. The van der Waals surface area contributed by atoms with Crippen LogP contribution >= 0.6 is 23.2 Å². The summed E-state index contributed by atoms with van der Waals surface area (Å²) in [6.45, 7) is -0.784. The molecule has 3 N–H and O–H groups in total. The highest BCUT2D eigenvalue weighted by atomic mass is 35.5. The molecule has 1 unspecified atom stereocenters. The van der Waals surface area contributed by atoms with Crippen molar-refractivity contribution in [3.05, 3.63) is 0 Å². The van der Waals surface area contributed by atoms with Crippen LogP contribution in [0.15, 0.2) is 0 Å². The topological polar surface area (TPSA) is 104 Å². The lowest BCUT2D eigenvalue weighted by molar-refractivity contribution is -0.136. The zero-order valence-electron chi connectivity index (χ0n) is 7.38. The lowest BCUT2D eigenvalue weighted by Gasteiger charge is -2.40. The summed E-state index contributed by atoms with van der Waals surface area (Å²) in [6.07, 6.45) is -2.66. The zero-order valence-corrected chi connectivity index (χ0v) is 9.71. The maximum Gasteiger partial charge on any atom is 0.300 e. The fourth-order valence-electron chi connectivity index (χ4n) is 1.21. The van der Waals surface area contributed by atoms with E-state index in [0.29, 0.717) is 0 Å². The van der Waals surface area contributed by atoms with Crippen LogP contribution in [0.5, 0.6) is 0 Å². The van der Waals surface area contributed by atoms with Gasteiger partial charge < -0.3 is 14.9 Å². The minimum absolute atomic E-state index is 0.0627. The number of aliphatic hydroxyl groups excluding tert-OH is 1. The average molecular weight is 281 g/mol. The molecule has 1 heterocycles. The molecule has 1 rings (SSSR count). The maximum absolute atomic E-state index is 10.8. The van der Waals surface area contributed by atoms with Crippen LogP contribution in [0.3, 0.4) is 0 Å². The van der Waals surface area contributed by atoms with Crippen molar-refractivity contribution in [2.75, 3.05) is 12.5 Å². The molecular formula is C6H10Cl2O6S. The van der Waals surface area contributed by atoms with Gasteiger partial charge >= 0.3 is 0 Å². The molecule has 0 amide bonds. The van der Waals surface area contributed by atoms with E-state index < -0.39 is 39.2 Å². The Morgan fingerprint density at radius 2 is 2.07 bits per heavy atom. The lowest BCUT2D eigenvalue weighted by Crippen LogP contribution is -2.63. The number of alkyl halides is 2. The second-order valence-electron chi connectivity index (χ2n) is 3.21. The van der Waals surface area contributed by atoms with E-state index in [4.69, 9.17) is 32.5 Å². The van der Waals surface area contributed by atoms with Crippen molar-refractivity contribution in [2.45, 2.75) is 22.5 Å². The van der Waals surface area contributed by atoms with Crippen LogP contribution in [0.25, 0.3) is 0 Å². The standard InChI is InChI=1S/C6H10Cl2O6S/c7-1-3-4(8)5(9)6(10,2-14-3)15(11,12)13/h3-5,9-10H,1-2H2,(H,11,12,13)/t3-,4+,5?,6-/m1/s1. The zero-order chi connectivity index (χ0) is 11.9. The van der Waals surface area contributed by atoms with E-state index in [9.17, 15) is 18.6 Å². The Kier molecular flexibility index (Phi) is 3.87. The van der Waals surface area contributed by atoms with Crippen LogP contribution in [0, 0.1) is 0 Å². The van der Waals surface area contributed by atoms with E-state index in [1.807, 2.05) is 0 Å². The van der Waals surface area contributed by atoms with E-state index in [0.717, 1.165) is 0 Å². The van der Waals surface area contributed by atoms with Crippen LogP contribution in [0.4, 0.5) is 0 Å². The van der Waals surface area contributed by atoms with Gasteiger partial charge in [0.2, 0.25) is 4.93 Å². The first-order valence-electron chi connectivity index (χ1n) is 3.93. The van der Waals surface area contributed by atoms with Crippen molar-refractivity contribution >= 4 is 33.3 Å². The summed E-state index contributed by atoms with van der Waals surface area (Å²) >= 11 is 11.1.